The number of nitrogen functional groups attached to an aromatic ring is 1. The fraction of sp³-hybridized carbons (Fsp3) is 0. The summed E-state index contributed by atoms with van der Waals surface area (Å²) in [7, 11) is 0. The first-order chi connectivity index (χ1) is 4.74. The van der Waals surface area contributed by atoms with Crippen molar-refractivity contribution in [2.75, 3.05) is 5.73 Å². The Morgan fingerprint density at radius 2 is 2.20 bits per heavy atom. The van der Waals surface area contributed by atoms with Gasteiger partial charge in [-0.25, -0.2) is 4.39 Å². The average Bonchev–Trinajstić information content (AvgIpc) is 1.95. The van der Waals surface area contributed by atoms with Gasteiger partial charge in [-0.05, 0) is 17.7 Å². The highest BCUT2D eigenvalue weighted by molar-refractivity contribution is 5.52. The smallest absolute Gasteiger partial charge is 0.146 e. The van der Waals surface area contributed by atoms with Crippen molar-refractivity contribution in [1.29, 1.82) is 0 Å². The molecule has 0 aliphatic rings. The molecule has 0 radical (unpaired) electrons. The molecule has 0 saturated carbocycles. The molecular weight excluding hydrogens is 129 g/mol. The van der Waals surface area contributed by atoms with Crippen LogP contribution in [-0.4, -0.2) is 0 Å². The molecule has 10 heavy (non-hydrogen) atoms. The molecule has 0 saturated heterocycles. The zero-order valence-corrected chi connectivity index (χ0v) is 5.47. The summed E-state index contributed by atoms with van der Waals surface area (Å²) in [6.07, 6.45) is 1.57. The van der Waals surface area contributed by atoms with Crippen molar-refractivity contribution in [3.63, 3.8) is 0 Å². The normalized spacial score (nSPS) is 9.30. The standard InChI is InChI=1S/C8H8FN/c1-2-6-3-4-8(10)7(9)5-6/h2-5H,1,10H2. The molecule has 0 aliphatic carbocycles. The lowest BCUT2D eigenvalue weighted by Crippen LogP contribution is -1.89. The Kier molecular flexibility index (Phi) is 1.71. The highest BCUT2D eigenvalue weighted by Crippen LogP contribution is 2.11. The molecule has 0 atom stereocenters. The Morgan fingerprint density at radius 1 is 1.50 bits per heavy atom. The van der Waals surface area contributed by atoms with E-state index in [1.165, 1.54) is 12.1 Å². The predicted molar refractivity (Wildman–Crippen MR) is 40.9 cm³/mol. The summed E-state index contributed by atoms with van der Waals surface area (Å²) in [4.78, 5) is 0. The topological polar surface area (TPSA) is 26.0 Å². The lowest BCUT2D eigenvalue weighted by Gasteiger charge is -1.95. The van der Waals surface area contributed by atoms with Crippen molar-refractivity contribution in [1.82, 2.24) is 0 Å². The van der Waals surface area contributed by atoms with Gasteiger partial charge in [0.25, 0.3) is 0 Å². The number of benzene rings is 1. The fourth-order valence-electron chi connectivity index (χ4n) is 0.670. The van der Waals surface area contributed by atoms with Gasteiger partial charge in [-0.15, -0.1) is 0 Å². The van der Waals surface area contributed by atoms with Gasteiger partial charge >= 0.3 is 0 Å². The van der Waals surface area contributed by atoms with Crippen LogP contribution < -0.4 is 5.73 Å². The number of rotatable bonds is 1. The first-order valence-electron chi connectivity index (χ1n) is 2.91. The van der Waals surface area contributed by atoms with Crippen molar-refractivity contribution in [2.45, 2.75) is 0 Å². The van der Waals surface area contributed by atoms with Gasteiger partial charge in [-0.2, -0.15) is 0 Å². The maximum Gasteiger partial charge on any atom is 0.146 e. The molecular formula is C8H8FN. The highest BCUT2D eigenvalue weighted by atomic mass is 19.1. The van der Waals surface area contributed by atoms with E-state index < -0.39 is 5.82 Å². The van der Waals surface area contributed by atoms with Gasteiger partial charge in [0.05, 0.1) is 5.69 Å². The Hall–Kier alpha value is -1.31. The minimum Gasteiger partial charge on any atom is -0.396 e. The van der Waals surface area contributed by atoms with E-state index in [4.69, 9.17) is 5.73 Å². The maximum absolute atomic E-state index is 12.6. The number of hydrogen-bond donors (Lipinski definition) is 1. The maximum atomic E-state index is 12.6. The molecule has 0 spiro atoms. The largest absolute Gasteiger partial charge is 0.396 e. The van der Waals surface area contributed by atoms with Crippen LogP contribution in [0, 0.1) is 5.82 Å². The van der Waals surface area contributed by atoms with Gasteiger partial charge in [-0.1, -0.05) is 18.7 Å². The second-order valence-electron chi connectivity index (χ2n) is 1.99. The van der Waals surface area contributed by atoms with Crippen LogP contribution in [-0.2, 0) is 0 Å². The van der Waals surface area contributed by atoms with Crippen LogP contribution in [0.3, 0.4) is 0 Å². The van der Waals surface area contributed by atoms with Crippen molar-refractivity contribution < 1.29 is 4.39 Å². The average molecular weight is 137 g/mol. The highest BCUT2D eigenvalue weighted by Gasteiger charge is 1.95. The first-order valence-corrected chi connectivity index (χ1v) is 2.91. The summed E-state index contributed by atoms with van der Waals surface area (Å²) in [5.74, 6) is -0.391. The van der Waals surface area contributed by atoms with Crippen molar-refractivity contribution >= 4 is 11.8 Å². The van der Waals surface area contributed by atoms with E-state index in [1.54, 1.807) is 12.1 Å². The lowest BCUT2D eigenvalue weighted by atomic mass is 10.2. The number of hydrogen-bond acceptors (Lipinski definition) is 1. The quantitative estimate of drug-likeness (QED) is 0.589. The van der Waals surface area contributed by atoms with Crippen LogP contribution in [0.5, 0.6) is 0 Å². The zero-order valence-electron chi connectivity index (χ0n) is 5.47. The van der Waals surface area contributed by atoms with E-state index in [2.05, 4.69) is 6.58 Å². The number of nitrogens with two attached hydrogens (primary N) is 1. The summed E-state index contributed by atoms with van der Waals surface area (Å²) in [5.41, 5.74) is 6.15. The summed E-state index contributed by atoms with van der Waals surface area (Å²) >= 11 is 0. The molecule has 1 nitrogen and oxygen atoms in total. The van der Waals surface area contributed by atoms with E-state index in [0.717, 1.165) is 5.56 Å². The van der Waals surface area contributed by atoms with Gasteiger partial charge < -0.3 is 5.73 Å². The third kappa shape index (κ3) is 1.16. The second-order valence-corrected chi connectivity index (χ2v) is 1.99. The SMILES string of the molecule is C=Cc1ccc(N)c(F)c1. The van der Waals surface area contributed by atoms with E-state index in [9.17, 15) is 4.39 Å². The fourth-order valence-corrected chi connectivity index (χ4v) is 0.670. The van der Waals surface area contributed by atoms with E-state index >= 15 is 0 Å². The summed E-state index contributed by atoms with van der Waals surface area (Å²) in [6, 6.07) is 4.58. The number of halogens is 1. The molecule has 1 aromatic carbocycles. The Balaban J connectivity index is 3.16. The number of anilines is 1. The molecule has 0 aromatic heterocycles. The minimum absolute atomic E-state index is 0.172. The van der Waals surface area contributed by atoms with Gasteiger partial charge in [0, 0.05) is 0 Å². The summed E-state index contributed by atoms with van der Waals surface area (Å²) in [6.45, 7) is 3.49. The monoisotopic (exact) mass is 137 g/mol. The predicted octanol–water partition coefficient (Wildman–Crippen LogP) is 2.05. The van der Waals surface area contributed by atoms with Gasteiger partial charge in [0.2, 0.25) is 0 Å². The van der Waals surface area contributed by atoms with Gasteiger partial charge in [-0.3, -0.25) is 0 Å². The zero-order chi connectivity index (χ0) is 7.56. The van der Waals surface area contributed by atoms with E-state index in [-0.39, 0.29) is 5.69 Å². The second kappa shape index (κ2) is 2.52. The first kappa shape index (κ1) is 6.81. The molecule has 2 heteroatoms. The Morgan fingerprint density at radius 3 is 2.70 bits per heavy atom. The molecule has 0 aliphatic heterocycles. The van der Waals surface area contributed by atoms with E-state index in [0.29, 0.717) is 0 Å². The minimum atomic E-state index is -0.391. The van der Waals surface area contributed by atoms with Crippen LogP contribution in [0.2, 0.25) is 0 Å². The van der Waals surface area contributed by atoms with Crippen molar-refractivity contribution in [3.8, 4) is 0 Å². The van der Waals surface area contributed by atoms with Gasteiger partial charge in [0.1, 0.15) is 5.82 Å². The molecule has 0 bridgehead atoms. The van der Waals surface area contributed by atoms with Crippen LogP contribution in [0.25, 0.3) is 6.08 Å². The molecule has 0 fully saturated rings. The van der Waals surface area contributed by atoms with E-state index in [1.807, 2.05) is 0 Å². The molecule has 1 aromatic rings. The summed E-state index contributed by atoms with van der Waals surface area (Å²) < 4.78 is 12.6. The molecule has 0 heterocycles. The molecule has 0 amide bonds. The lowest BCUT2D eigenvalue weighted by molar-refractivity contribution is 0.632. The van der Waals surface area contributed by atoms with Crippen LogP contribution in [0.15, 0.2) is 24.8 Å². The van der Waals surface area contributed by atoms with Crippen molar-refractivity contribution in [2.24, 2.45) is 0 Å². The van der Waals surface area contributed by atoms with Crippen LogP contribution in [0.4, 0.5) is 10.1 Å². The van der Waals surface area contributed by atoms with Crippen LogP contribution >= 0.6 is 0 Å². The Bertz CT molecular complexity index is 255. The van der Waals surface area contributed by atoms with Crippen LogP contribution in [0.1, 0.15) is 5.56 Å². The summed E-state index contributed by atoms with van der Waals surface area (Å²) in [5, 5.41) is 0. The molecule has 1 rings (SSSR count). The molecule has 0 unspecified atom stereocenters. The third-order valence-electron chi connectivity index (χ3n) is 1.26. The Labute approximate surface area is 59.0 Å². The molecule has 2 N–H and O–H groups in total. The molecule has 52 valence electrons. The third-order valence-corrected chi connectivity index (χ3v) is 1.26. The van der Waals surface area contributed by atoms with Crippen molar-refractivity contribution in [3.05, 3.63) is 36.2 Å². The van der Waals surface area contributed by atoms with Gasteiger partial charge in [0.15, 0.2) is 0 Å².